The van der Waals surface area contributed by atoms with Crippen molar-refractivity contribution in [1.82, 2.24) is 0 Å². The quantitative estimate of drug-likeness (QED) is 0.363. The van der Waals surface area contributed by atoms with Crippen LogP contribution in [0, 0.1) is 10.1 Å². The largest absolute Gasteiger partial charge is 0.417 e. The van der Waals surface area contributed by atoms with Gasteiger partial charge < -0.3 is 5.73 Å². The maximum atomic E-state index is 13.2. The molecule has 0 aliphatic rings. The second-order valence-corrected chi connectivity index (χ2v) is 4.79. The number of nitrogen functional groups attached to an aromatic ring is 1. The van der Waals surface area contributed by atoms with Gasteiger partial charge in [0.2, 0.25) is 0 Å². The first-order valence-corrected chi connectivity index (χ1v) is 6.24. The zero-order chi connectivity index (χ0) is 18.3. The second kappa shape index (κ2) is 5.69. The van der Waals surface area contributed by atoms with Crippen molar-refractivity contribution >= 4 is 11.4 Å². The minimum absolute atomic E-state index is 0.0843. The Labute approximate surface area is 130 Å². The third-order valence-electron chi connectivity index (χ3n) is 3.14. The molecule has 0 heterocycles. The highest BCUT2D eigenvalue weighted by molar-refractivity contribution is 5.75. The summed E-state index contributed by atoms with van der Waals surface area (Å²) in [4.78, 5) is 9.40. The van der Waals surface area contributed by atoms with Crippen molar-refractivity contribution in [2.75, 3.05) is 5.73 Å². The van der Waals surface area contributed by atoms with E-state index >= 15 is 0 Å². The number of hydrogen-bond donors (Lipinski definition) is 1. The molecule has 2 aromatic carbocycles. The Bertz CT molecular complexity index is 746. The standard InChI is InChI=1S/C14H8F6N2O2/c15-13(16,17)10-5-9(22(23)24)6-11(14(18,19)20)12(10)7-1-3-8(21)4-2-7/h1-6H,21H2. The normalized spacial score (nSPS) is 12.2. The first-order chi connectivity index (χ1) is 10.9. The Morgan fingerprint density at radius 1 is 0.875 bits per heavy atom. The van der Waals surface area contributed by atoms with Gasteiger partial charge in [-0.05, 0) is 17.7 Å². The van der Waals surface area contributed by atoms with Gasteiger partial charge in [-0.3, -0.25) is 10.1 Å². The molecule has 10 heteroatoms. The van der Waals surface area contributed by atoms with Crippen LogP contribution < -0.4 is 5.73 Å². The molecule has 0 fully saturated rings. The van der Waals surface area contributed by atoms with Crippen molar-refractivity contribution in [3.8, 4) is 11.1 Å². The van der Waals surface area contributed by atoms with Crippen LogP contribution in [-0.2, 0) is 12.4 Å². The maximum absolute atomic E-state index is 13.2. The van der Waals surface area contributed by atoms with E-state index in [4.69, 9.17) is 5.73 Å². The Balaban J connectivity index is 2.92. The average molecular weight is 350 g/mol. The average Bonchev–Trinajstić information content (AvgIpc) is 2.44. The van der Waals surface area contributed by atoms with Gasteiger partial charge in [0, 0.05) is 23.4 Å². The number of non-ortho nitro benzene ring substituents is 1. The number of halogens is 6. The van der Waals surface area contributed by atoms with E-state index in [2.05, 4.69) is 0 Å². The fraction of sp³-hybridized carbons (Fsp3) is 0.143. The highest BCUT2D eigenvalue weighted by atomic mass is 19.4. The summed E-state index contributed by atoms with van der Waals surface area (Å²) in [5, 5.41) is 10.7. The van der Waals surface area contributed by atoms with Crippen molar-refractivity contribution in [3.05, 3.63) is 57.6 Å². The Hall–Kier alpha value is -2.78. The van der Waals surface area contributed by atoms with Gasteiger partial charge in [-0.25, -0.2) is 0 Å². The monoisotopic (exact) mass is 350 g/mol. The van der Waals surface area contributed by atoms with Crippen molar-refractivity contribution in [2.24, 2.45) is 0 Å². The van der Waals surface area contributed by atoms with E-state index < -0.39 is 45.2 Å². The molecule has 2 rings (SSSR count). The zero-order valence-electron chi connectivity index (χ0n) is 11.6. The lowest BCUT2D eigenvalue weighted by molar-refractivity contribution is -0.385. The molecule has 2 N–H and O–H groups in total. The molecule has 0 saturated carbocycles. The summed E-state index contributed by atoms with van der Waals surface area (Å²) < 4.78 is 79.3. The molecule has 0 spiro atoms. The van der Waals surface area contributed by atoms with E-state index in [0.717, 1.165) is 24.3 Å². The lowest BCUT2D eigenvalue weighted by atomic mass is 9.92. The molecule has 0 unspecified atom stereocenters. The molecular weight excluding hydrogens is 342 g/mol. The predicted molar refractivity (Wildman–Crippen MR) is 72.9 cm³/mol. The van der Waals surface area contributed by atoms with E-state index in [1.807, 2.05) is 0 Å². The maximum Gasteiger partial charge on any atom is 0.417 e. The van der Waals surface area contributed by atoms with E-state index in [9.17, 15) is 36.5 Å². The second-order valence-electron chi connectivity index (χ2n) is 4.79. The van der Waals surface area contributed by atoms with Gasteiger partial charge in [-0.15, -0.1) is 0 Å². The van der Waals surface area contributed by atoms with Crippen molar-refractivity contribution in [1.29, 1.82) is 0 Å². The molecule has 0 amide bonds. The molecule has 4 nitrogen and oxygen atoms in total. The number of nitro benzene ring substituents is 1. The molecule has 2 aromatic rings. The van der Waals surface area contributed by atoms with Gasteiger partial charge in [0.05, 0.1) is 16.1 Å². The predicted octanol–water partition coefficient (Wildman–Crippen LogP) is 4.88. The van der Waals surface area contributed by atoms with E-state index in [-0.39, 0.29) is 17.8 Å². The summed E-state index contributed by atoms with van der Waals surface area (Å²) in [5.41, 5.74) is -0.841. The highest BCUT2D eigenvalue weighted by Crippen LogP contribution is 2.46. The summed E-state index contributed by atoms with van der Waals surface area (Å²) >= 11 is 0. The smallest absolute Gasteiger partial charge is 0.399 e. The fourth-order valence-electron chi connectivity index (χ4n) is 2.14. The third-order valence-corrected chi connectivity index (χ3v) is 3.14. The van der Waals surface area contributed by atoms with Crippen LogP contribution >= 0.6 is 0 Å². The number of nitrogens with two attached hydrogens (primary N) is 1. The molecule has 0 aromatic heterocycles. The number of rotatable bonds is 2. The summed E-state index contributed by atoms with van der Waals surface area (Å²) in [6, 6.07) is 4.41. The molecule has 0 atom stereocenters. The minimum Gasteiger partial charge on any atom is -0.399 e. The molecule has 0 aliphatic carbocycles. The van der Waals surface area contributed by atoms with Gasteiger partial charge in [0.15, 0.2) is 0 Å². The van der Waals surface area contributed by atoms with Crippen LogP contribution in [-0.4, -0.2) is 4.92 Å². The van der Waals surface area contributed by atoms with Gasteiger partial charge in [0.25, 0.3) is 5.69 Å². The van der Waals surface area contributed by atoms with Gasteiger partial charge in [0.1, 0.15) is 0 Å². The summed E-state index contributed by atoms with van der Waals surface area (Å²) in [6.45, 7) is 0. The minimum atomic E-state index is -5.22. The summed E-state index contributed by atoms with van der Waals surface area (Å²) in [5.74, 6) is 0. The number of anilines is 1. The molecule has 0 radical (unpaired) electrons. The van der Waals surface area contributed by atoms with Gasteiger partial charge in [-0.2, -0.15) is 26.3 Å². The van der Waals surface area contributed by atoms with Crippen molar-refractivity contribution in [3.63, 3.8) is 0 Å². The third kappa shape index (κ3) is 3.42. The molecule has 0 saturated heterocycles. The van der Waals surface area contributed by atoms with Crippen LogP contribution in [0.4, 0.5) is 37.7 Å². The Kier molecular flexibility index (Phi) is 4.17. The summed E-state index contributed by atoms with van der Waals surface area (Å²) in [6.07, 6.45) is -10.4. The molecule has 0 aliphatic heterocycles. The Morgan fingerprint density at radius 2 is 1.29 bits per heavy atom. The van der Waals surface area contributed by atoms with Crippen LogP contribution in [0.3, 0.4) is 0 Å². The van der Waals surface area contributed by atoms with E-state index in [1.165, 1.54) is 0 Å². The highest BCUT2D eigenvalue weighted by Gasteiger charge is 2.43. The van der Waals surface area contributed by atoms with E-state index in [0.29, 0.717) is 0 Å². The molecular formula is C14H8F6N2O2. The van der Waals surface area contributed by atoms with Gasteiger partial charge >= 0.3 is 12.4 Å². The van der Waals surface area contributed by atoms with Crippen LogP contribution in [0.15, 0.2) is 36.4 Å². The SMILES string of the molecule is Nc1ccc(-c2c(C(F)(F)F)cc([N+](=O)[O-])cc2C(F)(F)F)cc1. The van der Waals surface area contributed by atoms with Crippen LogP contribution in [0.1, 0.15) is 11.1 Å². The lowest BCUT2D eigenvalue weighted by Crippen LogP contribution is -2.15. The number of alkyl halides is 6. The first-order valence-electron chi connectivity index (χ1n) is 6.24. The van der Waals surface area contributed by atoms with Gasteiger partial charge in [-0.1, -0.05) is 12.1 Å². The lowest BCUT2D eigenvalue weighted by Gasteiger charge is -2.19. The van der Waals surface area contributed by atoms with Crippen molar-refractivity contribution < 1.29 is 31.3 Å². The van der Waals surface area contributed by atoms with Crippen molar-refractivity contribution in [2.45, 2.75) is 12.4 Å². The van der Waals surface area contributed by atoms with Crippen LogP contribution in [0.5, 0.6) is 0 Å². The molecule has 0 bridgehead atoms. The molecule has 128 valence electrons. The van der Waals surface area contributed by atoms with E-state index in [1.54, 1.807) is 0 Å². The number of hydrogen-bond acceptors (Lipinski definition) is 3. The number of nitrogens with zero attached hydrogens (tertiary/aromatic N) is 1. The Morgan fingerprint density at radius 3 is 1.62 bits per heavy atom. The number of nitro groups is 1. The number of benzene rings is 2. The van der Waals surface area contributed by atoms with Crippen LogP contribution in [0.25, 0.3) is 11.1 Å². The molecule has 24 heavy (non-hydrogen) atoms. The van der Waals surface area contributed by atoms with Crippen LogP contribution in [0.2, 0.25) is 0 Å². The summed E-state index contributed by atoms with van der Waals surface area (Å²) in [7, 11) is 0. The topological polar surface area (TPSA) is 69.2 Å². The fourth-order valence-corrected chi connectivity index (χ4v) is 2.14. The first kappa shape index (κ1) is 17.6. The zero-order valence-corrected chi connectivity index (χ0v) is 11.6.